The zero-order valence-electron chi connectivity index (χ0n) is 8.35. The maximum Gasteiger partial charge on any atom is 0.189 e. The molecule has 0 aromatic rings. The Labute approximate surface area is 69.8 Å². The first-order chi connectivity index (χ1) is 4.89. The third-order valence-corrected chi connectivity index (χ3v) is 2.08. The maximum absolute atomic E-state index is 11.3. The van der Waals surface area contributed by atoms with Gasteiger partial charge < -0.3 is 4.48 Å². The first kappa shape index (κ1) is 10.6. The fourth-order valence-corrected chi connectivity index (χ4v) is 0.716. The molecule has 0 saturated heterocycles. The molecule has 0 fully saturated rings. The first-order valence-electron chi connectivity index (χ1n) is 4.24. The van der Waals surface area contributed by atoms with E-state index in [2.05, 4.69) is 21.0 Å². The Hall–Kier alpha value is -0.370. The number of rotatable bonds is 4. The van der Waals surface area contributed by atoms with E-state index < -0.39 is 0 Å². The van der Waals surface area contributed by atoms with Gasteiger partial charge in [-0.25, -0.2) is 0 Å². The van der Waals surface area contributed by atoms with E-state index in [0.29, 0.717) is 12.3 Å². The molecular formula is C9H20NO+. The summed E-state index contributed by atoms with van der Waals surface area (Å²) in [7, 11) is 4.17. The largest absolute Gasteiger partial charge is 0.323 e. The molecule has 0 saturated carbocycles. The molecule has 0 atom stereocenters. The van der Waals surface area contributed by atoms with Gasteiger partial charge in [0.25, 0.3) is 0 Å². The van der Waals surface area contributed by atoms with E-state index in [9.17, 15) is 4.79 Å². The van der Waals surface area contributed by atoms with Gasteiger partial charge in [0.05, 0.1) is 20.6 Å². The summed E-state index contributed by atoms with van der Waals surface area (Å²) in [6.45, 7) is 7.69. The Balaban J connectivity index is 3.94. The fourth-order valence-electron chi connectivity index (χ4n) is 0.716. The van der Waals surface area contributed by atoms with Gasteiger partial charge >= 0.3 is 0 Å². The van der Waals surface area contributed by atoms with E-state index in [0.717, 1.165) is 11.0 Å². The molecule has 0 aliphatic heterocycles. The molecule has 0 aromatic carbocycles. The second-order valence-corrected chi connectivity index (χ2v) is 4.03. The Morgan fingerprint density at radius 2 is 1.82 bits per heavy atom. The minimum absolute atomic E-state index is 0.180. The van der Waals surface area contributed by atoms with E-state index in [1.54, 1.807) is 0 Å². The third-order valence-electron chi connectivity index (χ3n) is 2.08. The van der Waals surface area contributed by atoms with Crippen LogP contribution in [0.5, 0.6) is 0 Å². The van der Waals surface area contributed by atoms with E-state index in [1.165, 1.54) is 0 Å². The second-order valence-electron chi connectivity index (χ2n) is 4.03. The zero-order chi connectivity index (χ0) is 9.07. The molecule has 11 heavy (non-hydrogen) atoms. The standard InChI is InChI=1S/C9H20NO/c1-6-10(4,5)7-9(11)8(2)3/h8H,6-7H2,1-5H3/q+1. The summed E-state index contributed by atoms with van der Waals surface area (Å²) in [4.78, 5) is 11.3. The van der Waals surface area contributed by atoms with Crippen LogP contribution in [0.25, 0.3) is 0 Å². The first-order valence-corrected chi connectivity index (χ1v) is 4.24. The lowest BCUT2D eigenvalue weighted by molar-refractivity contribution is -0.880. The molecule has 0 rings (SSSR count). The second kappa shape index (κ2) is 3.86. The summed E-state index contributed by atoms with van der Waals surface area (Å²) >= 11 is 0. The van der Waals surface area contributed by atoms with Crippen molar-refractivity contribution in [1.82, 2.24) is 0 Å². The van der Waals surface area contributed by atoms with Crippen molar-refractivity contribution >= 4 is 5.78 Å². The number of Topliss-reactive ketones (excluding diaryl/α,β-unsaturated/α-hetero) is 1. The number of hydrogen-bond donors (Lipinski definition) is 0. The molecule has 66 valence electrons. The average Bonchev–Trinajstić information content (AvgIpc) is 1.87. The molecular weight excluding hydrogens is 138 g/mol. The van der Waals surface area contributed by atoms with E-state index in [4.69, 9.17) is 0 Å². The lowest BCUT2D eigenvalue weighted by Crippen LogP contribution is -2.44. The van der Waals surface area contributed by atoms with Gasteiger partial charge in [-0.05, 0) is 6.92 Å². The Morgan fingerprint density at radius 3 is 2.09 bits per heavy atom. The Bertz CT molecular complexity index is 138. The van der Waals surface area contributed by atoms with Crippen LogP contribution < -0.4 is 0 Å². The highest BCUT2D eigenvalue weighted by molar-refractivity contribution is 5.81. The SMILES string of the molecule is CC[N+](C)(C)CC(=O)C(C)C. The van der Waals surface area contributed by atoms with Gasteiger partial charge in [-0.2, -0.15) is 0 Å². The molecule has 0 unspecified atom stereocenters. The summed E-state index contributed by atoms with van der Waals surface area (Å²) in [6.07, 6.45) is 0. The number of carbonyl (C=O) groups is 1. The lowest BCUT2D eigenvalue weighted by Gasteiger charge is -2.27. The molecule has 0 heterocycles. The van der Waals surface area contributed by atoms with Crippen molar-refractivity contribution in [2.24, 2.45) is 5.92 Å². The fraction of sp³-hybridized carbons (Fsp3) is 0.889. The lowest BCUT2D eigenvalue weighted by atomic mass is 10.1. The summed E-state index contributed by atoms with van der Waals surface area (Å²) in [5.74, 6) is 0.538. The van der Waals surface area contributed by atoms with E-state index >= 15 is 0 Å². The van der Waals surface area contributed by atoms with Crippen LogP contribution in [0, 0.1) is 5.92 Å². The molecule has 0 aliphatic carbocycles. The summed E-state index contributed by atoms with van der Waals surface area (Å²) in [5, 5.41) is 0. The molecule has 2 heteroatoms. The minimum Gasteiger partial charge on any atom is -0.323 e. The van der Waals surface area contributed by atoms with Gasteiger partial charge in [-0.3, -0.25) is 4.79 Å². The summed E-state index contributed by atoms with van der Waals surface area (Å²) in [6, 6.07) is 0. The molecule has 0 spiro atoms. The zero-order valence-corrected chi connectivity index (χ0v) is 8.35. The highest BCUT2D eigenvalue weighted by atomic mass is 16.1. The number of nitrogens with zero attached hydrogens (tertiary/aromatic N) is 1. The van der Waals surface area contributed by atoms with Gasteiger partial charge in [-0.1, -0.05) is 13.8 Å². The van der Waals surface area contributed by atoms with E-state index in [1.807, 2.05) is 13.8 Å². The van der Waals surface area contributed by atoms with Crippen LogP contribution in [0.15, 0.2) is 0 Å². The van der Waals surface area contributed by atoms with Crippen LogP contribution in [-0.4, -0.2) is 37.5 Å². The van der Waals surface area contributed by atoms with E-state index in [-0.39, 0.29) is 5.92 Å². The maximum atomic E-state index is 11.3. The molecule has 0 radical (unpaired) electrons. The number of quaternary nitrogens is 1. The average molecular weight is 158 g/mol. The topological polar surface area (TPSA) is 17.1 Å². The van der Waals surface area contributed by atoms with Crippen molar-refractivity contribution < 1.29 is 9.28 Å². The van der Waals surface area contributed by atoms with Crippen molar-refractivity contribution in [2.45, 2.75) is 20.8 Å². The monoisotopic (exact) mass is 158 g/mol. The third kappa shape index (κ3) is 4.14. The van der Waals surface area contributed by atoms with Crippen LogP contribution in [0.2, 0.25) is 0 Å². The number of carbonyl (C=O) groups excluding carboxylic acids is 1. The van der Waals surface area contributed by atoms with Gasteiger partial charge in [-0.15, -0.1) is 0 Å². The molecule has 0 bridgehead atoms. The molecule has 2 nitrogen and oxygen atoms in total. The minimum atomic E-state index is 0.180. The molecule has 0 amide bonds. The van der Waals surface area contributed by atoms with Crippen LogP contribution in [-0.2, 0) is 4.79 Å². The highest BCUT2D eigenvalue weighted by Gasteiger charge is 2.19. The van der Waals surface area contributed by atoms with Crippen LogP contribution in [0.1, 0.15) is 20.8 Å². The Morgan fingerprint density at radius 1 is 1.36 bits per heavy atom. The Kier molecular flexibility index (Phi) is 3.73. The van der Waals surface area contributed by atoms with Gasteiger partial charge in [0.1, 0.15) is 6.54 Å². The van der Waals surface area contributed by atoms with Crippen molar-refractivity contribution in [1.29, 1.82) is 0 Å². The number of likely N-dealkylation sites (N-methyl/N-ethyl adjacent to an activating group) is 1. The van der Waals surface area contributed by atoms with Crippen molar-refractivity contribution in [3.63, 3.8) is 0 Å². The highest BCUT2D eigenvalue weighted by Crippen LogP contribution is 2.01. The van der Waals surface area contributed by atoms with Crippen molar-refractivity contribution in [2.75, 3.05) is 27.2 Å². The normalized spacial score (nSPS) is 12.2. The quantitative estimate of drug-likeness (QED) is 0.564. The smallest absolute Gasteiger partial charge is 0.189 e. The number of ketones is 1. The van der Waals surface area contributed by atoms with Crippen molar-refractivity contribution in [3.05, 3.63) is 0 Å². The summed E-state index contributed by atoms with van der Waals surface area (Å²) in [5.41, 5.74) is 0. The van der Waals surface area contributed by atoms with Gasteiger partial charge in [0, 0.05) is 5.92 Å². The predicted molar refractivity (Wildman–Crippen MR) is 47.4 cm³/mol. The molecule has 0 aromatic heterocycles. The van der Waals surface area contributed by atoms with Gasteiger partial charge in [0.2, 0.25) is 0 Å². The van der Waals surface area contributed by atoms with Crippen LogP contribution in [0.4, 0.5) is 0 Å². The molecule has 0 N–H and O–H groups in total. The van der Waals surface area contributed by atoms with Crippen LogP contribution >= 0.6 is 0 Å². The van der Waals surface area contributed by atoms with Gasteiger partial charge in [0.15, 0.2) is 5.78 Å². The summed E-state index contributed by atoms with van der Waals surface area (Å²) < 4.78 is 0.803. The number of hydrogen-bond acceptors (Lipinski definition) is 1. The van der Waals surface area contributed by atoms with Crippen molar-refractivity contribution in [3.8, 4) is 0 Å². The predicted octanol–water partition coefficient (Wildman–Crippen LogP) is 1.31. The molecule has 0 aliphatic rings. The van der Waals surface area contributed by atoms with Crippen LogP contribution in [0.3, 0.4) is 0 Å².